The smallest absolute Gasteiger partial charge is 0.311 e. The number of nitrogens with one attached hydrogen (secondary N) is 1. The van der Waals surface area contributed by atoms with Crippen molar-refractivity contribution in [3.05, 3.63) is 0 Å². The average molecular weight is 219 g/mol. The van der Waals surface area contributed by atoms with Gasteiger partial charge in [0, 0.05) is 25.5 Å². The molecule has 0 aromatic rings. The van der Waals surface area contributed by atoms with Crippen molar-refractivity contribution in [1.29, 1.82) is 0 Å². The lowest BCUT2D eigenvalue weighted by molar-refractivity contribution is -0.146. The first-order valence-corrected chi connectivity index (χ1v) is 5.42. The van der Waals surface area contributed by atoms with Crippen LogP contribution in [0.3, 0.4) is 0 Å². The average Bonchev–Trinajstić information content (AvgIpc) is 2.26. The summed E-state index contributed by atoms with van der Waals surface area (Å²) in [4.78, 5) is 24.3. The van der Waals surface area contributed by atoms with E-state index in [0.717, 1.165) is 19.3 Å². The Morgan fingerprint density at radius 1 is 1.21 bits per heavy atom. The van der Waals surface area contributed by atoms with Crippen LogP contribution in [0.15, 0.2) is 0 Å². The van der Waals surface area contributed by atoms with Gasteiger partial charge in [0.25, 0.3) is 0 Å². The fraction of sp³-hybridized carbons (Fsp3) is 0.778. The van der Waals surface area contributed by atoms with E-state index in [1.54, 1.807) is 4.90 Å². The second-order valence-corrected chi connectivity index (χ2v) is 3.68. The number of likely N-dealkylation sites (tertiary alicyclic amines) is 1. The second-order valence-electron chi connectivity index (χ2n) is 3.30. The maximum absolute atomic E-state index is 11.5. The maximum atomic E-state index is 11.5. The predicted molar refractivity (Wildman–Crippen MR) is 54.2 cm³/mol. The van der Waals surface area contributed by atoms with Gasteiger partial charge in [-0.3, -0.25) is 9.59 Å². The topological polar surface area (TPSA) is 49.4 Å². The minimum Gasteiger partial charge on any atom is -0.347 e. The molecule has 1 saturated heterocycles. The van der Waals surface area contributed by atoms with Gasteiger partial charge in [-0.15, -0.1) is 11.6 Å². The van der Waals surface area contributed by atoms with Crippen molar-refractivity contribution >= 4 is 23.4 Å². The van der Waals surface area contributed by atoms with Crippen LogP contribution in [0.2, 0.25) is 0 Å². The highest BCUT2D eigenvalue weighted by atomic mass is 35.5. The highest BCUT2D eigenvalue weighted by Crippen LogP contribution is 2.08. The normalized spacial score (nSPS) is 16.5. The Bertz CT molecular complexity index is 215. The van der Waals surface area contributed by atoms with Gasteiger partial charge in [0.1, 0.15) is 0 Å². The molecule has 5 heteroatoms. The molecule has 1 aliphatic rings. The number of piperidine rings is 1. The molecule has 1 N–H and O–H groups in total. The monoisotopic (exact) mass is 218 g/mol. The first-order chi connectivity index (χ1) is 6.75. The van der Waals surface area contributed by atoms with Gasteiger partial charge in [-0.25, -0.2) is 0 Å². The summed E-state index contributed by atoms with van der Waals surface area (Å²) >= 11 is 5.40. The molecule has 1 heterocycles. The first-order valence-electron chi connectivity index (χ1n) is 4.89. The summed E-state index contributed by atoms with van der Waals surface area (Å²) < 4.78 is 0. The van der Waals surface area contributed by atoms with E-state index in [0.29, 0.717) is 25.5 Å². The summed E-state index contributed by atoms with van der Waals surface area (Å²) in [5.41, 5.74) is 0. The molecule has 0 bridgehead atoms. The van der Waals surface area contributed by atoms with Crippen LogP contribution in [0.25, 0.3) is 0 Å². The number of carbonyl (C=O) groups excluding carboxylic acids is 2. The molecule has 4 nitrogen and oxygen atoms in total. The number of alkyl halides is 1. The fourth-order valence-corrected chi connectivity index (χ4v) is 1.57. The first kappa shape index (κ1) is 11.3. The summed E-state index contributed by atoms with van der Waals surface area (Å²) in [6.45, 7) is 1.75. The maximum Gasteiger partial charge on any atom is 0.311 e. The minimum atomic E-state index is -0.535. The number of carbonyl (C=O) groups is 2. The Morgan fingerprint density at radius 3 is 2.43 bits per heavy atom. The lowest BCUT2D eigenvalue weighted by atomic mass is 10.1. The highest BCUT2D eigenvalue weighted by molar-refractivity contribution is 6.35. The van der Waals surface area contributed by atoms with Gasteiger partial charge in [-0.05, 0) is 19.3 Å². The highest BCUT2D eigenvalue weighted by Gasteiger charge is 2.22. The fourth-order valence-electron chi connectivity index (χ4n) is 1.48. The van der Waals surface area contributed by atoms with E-state index in [9.17, 15) is 9.59 Å². The molecule has 0 aliphatic carbocycles. The lowest BCUT2D eigenvalue weighted by Gasteiger charge is -2.25. The summed E-state index contributed by atoms with van der Waals surface area (Å²) in [7, 11) is 0. The molecule has 0 unspecified atom stereocenters. The molecule has 0 aromatic carbocycles. The van der Waals surface area contributed by atoms with Crippen LogP contribution in [0.5, 0.6) is 0 Å². The SMILES string of the molecule is O=C(NCCCl)C(=O)N1CCCCC1. The standard InChI is InChI=1S/C9H15ClN2O2/c10-4-5-11-8(13)9(14)12-6-2-1-3-7-12/h1-7H2,(H,11,13). The number of hydrogen-bond acceptors (Lipinski definition) is 2. The van der Waals surface area contributed by atoms with Crippen LogP contribution >= 0.6 is 11.6 Å². The molecule has 1 rings (SSSR count). The van der Waals surface area contributed by atoms with Gasteiger partial charge in [0.2, 0.25) is 0 Å². The van der Waals surface area contributed by atoms with Crippen LogP contribution in [0.1, 0.15) is 19.3 Å². The zero-order valence-electron chi connectivity index (χ0n) is 8.09. The van der Waals surface area contributed by atoms with Crippen LogP contribution < -0.4 is 5.32 Å². The Morgan fingerprint density at radius 2 is 1.86 bits per heavy atom. The molecule has 0 atom stereocenters. The predicted octanol–water partition coefficient (Wildman–Crippen LogP) is 0.354. The van der Waals surface area contributed by atoms with Crippen LogP contribution in [-0.2, 0) is 9.59 Å². The van der Waals surface area contributed by atoms with E-state index in [1.807, 2.05) is 0 Å². The molecule has 0 radical (unpaired) electrons. The zero-order chi connectivity index (χ0) is 10.4. The van der Waals surface area contributed by atoms with Gasteiger partial charge in [0.15, 0.2) is 0 Å². The molecule has 0 aromatic heterocycles. The van der Waals surface area contributed by atoms with Crippen LogP contribution in [-0.4, -0.2) is 42.2 Å². The largest absolute Gasteiger partial charge is 0.347 e. The van der Waals surface area contributed by atoms with Crippen molar-refractivity contribution in [2.24, 2.45) is 0 Å². The third-order valence-corrected chi connectivity index (χ3v) is 2.41. The zero-order valence-corrected chi connectivity index (χ0v) is 8.85. The molecule has 14 heavy (non-hydrogen) atoms. The summed E-state index contributed by atoms with van der Waals surface area (Å²) in [5, 5.41) is 2.47. The van der Waals surface area contributed by atoms with Crippen LogP contribution in [0.4, 0.5) is 0 Å². The number of amides is 2. The molecule has 0 spiro atoms. The summed E-state index contributed by atoms with van der Waals surface area (Å²) in [6.07, 6.45) is 3.14. The van der Waals surface area contributed by atoms with Crippen molar-refractivity contribution in [2.75, 3.05) is 25.5 Å². The summed E-state index contributed by atoms with van der Waals surface area (Å²) in [6, 6.07) is 0. The third-order valence-electron chi connectivity index (χ3n) is 2.22. The van der Waals surface area contributed by atoms with Gasteiger partial charge in [0.05, 0.1) is 0 Å². The number of nitrogens with zero attached hydrogens (tertiary/aromatic N) is 1. The number of halogens is 1. The van der Waals surface area contributed by atoms with E-state index < -0.39 is 11.8 Å². The van der Waals surface area contributed by atoms with Crippen molar-refractivity contribution in [3.8, 4) is 0 Å². The minimum absolute atomic E-state index is 0.332. The van der Waals surface area contributed by atoms with Gasteiger partial charge < -0.3 is 10.2 Å². The van der Waals surface area contributed by atoms with E-state index in [4.69, 9.17) is 11.6 Å². The van der Waals surface area contributed by atoms with Gasteiger partial charge in [-0.2, -0.15) is 0 Å². The Hall–Kier alpha value is -0.770. The third kappa shape index (κ3) is 3.18. The molecule has 0 saturated carbocycles. The molecule has 80 valence electrons. The second kappa shape index (κ2) is 5.86. The van der Waals surface area contributed by atoms with E-state index in [-0.39, 0.29) is 0 Å². The van der Waals surface area contributed by atoms with Gasteiger partial charge in [-0.1, -0.05) is 0 Å². The molecular weight excluding hydrogens is 204 g/mol. The Labute approximate surface area is 88.6 Å². The Balaban J connectivity index is 2.34. The Kier molecular flexibility index (Phi) is 4.73. The molecule has 2 amide bonds. The van der Waals surface area contributed by atoms with Crippen molar-refractivity contribution in [2.45, 2.75) is 19.3 Å². The lowest BCUT2D eigenvalue weighted by Crippen LogP contribution is -2.45. The molecule has 1 aliphatic heterocycles. The number of rotatable bonds is 2. The van der Waals surface area contributed by atoms with E-state index >= 15 is 0 Å². The van der Waals surface area contributed by atoms with E-state index in [1.165, 1.54) is 0 Å². The van der Waals surface area contributed by atoms with Crippen molar-refractivity contribution in [1.82, 2.24) is 10.2 Å². The van der Waals surface area contributed by atoms with Crippen molar-refractivity contribution < 1.29 is 9.59 Å². The van der Waals surface area contributed by atoms with Crippen molar-refractivity contribution in [3.63, 3.8) is 0 Å². The quantitative estimate of drug-likeness (QED) is 0.537. The molecular formula is C9H15ClN2O2. The van der Waals surface area contributed by atoms with Crippen LogP contribution in [0, 0.1) is 0 Å². The molecule has 1 fully saturated rings. The van der Waals surface area contributed by atoms with Gasteiger partial charge >= 0.3 is 11.8 Å². The summed E-state index contributed by atoms with van der Waals surface area (Å²) in [5.74, 6) is -0.624. The number of hydrogen-bond donors (Lipinski definition) is 1. The van der Waals surface area contributed by atoms with E-state index in [2.05, 4.69) is 5.32 Å².